The summed E-state index contributed by atoms with van der Waals surface area (Å²) < 4.78 is 0. The molecule has 0 heterocycles. The number of para-hydroxylation sites is 1. The summed E-state index contributed by atoms with van der Waals surface area (Å²) in [6.07, 6.45) is 0. The normalized spacial score (nSPS) is 8.17. The zero-order chi connectivity index (χ0) is 9.56. The maximum absolute atomic E-state index is 9.11. The van der Waals surface area contributed by atoms with Crippen molar-refractivity contribution in [3.8, 4) is 5.75 Å². The smallest absolute Gasteiger partial charge is 0.125 e. The first kappa shape index (κ1) is 10.9. The van der Waals surface area contributed by atoms with Crippen LogP contribution in [0.1, 0.15) is 19.4 Å². The van der Waals surface area contributed by atoms with E-state index in [0.717, 1.165) is 0 Å². The molecule has 0 aliphatic heterocycles. The van der Waals surface area contributed by atoms with E-state index in [1.807, 2.05) is 13.8 Å². The van der Waals surface area contributed by atoms with Gasteiger partial charge >= 0.3 is 0 Å². The number of hydrogen-bond donors (Lipinski definition) is 2. The maximum Gasteiger partial charge on any atom is 0.125 e. The molecule has 0 saturated carbocycles. The van der Waals surface area contributed by atoms with Crippen molar-refractivity contribution in [2.45, 2.75) is 13.8 Å². The minimum atomic E-state index is 0.134. The van der Waals surface area contributed by atoms with E-state index in [1.54, 1.807) is 24.3 Å². The highest BCUT2D eigenvalue weighted by molar-refractivity contribution is 7.80. The minimum absolute atomic E-state index is 0.134. The molecule has 0 aliphatic carbocycles. The van der Waals surface area contributed by atoms with Gasteiger partial charge in [-0.1, -0.05) is 38.2 Å². The molecule has 0 aliphatic rings. The molecule has 0 saturated heterocycles. The van der Waals surface area contributed by atoms with Crippen LogP contribution in [0.15, 0.2) is 24.3 Å². The highest BCUT2D eigenvalue weighted by Gasteiger charge is 1.99. The SMILES string of the molecule is CC.NC(=S)c1ccccc1O. The van der Waals surface area contributed by atoms with Crippen LogP contribution >= 0.6 is 12.2 Å². The maximum atomic E-state index is 9.11. The van der Waals surface area contributed by atoms with Crippen molar-refractivity contribution in [3.05, 3.63) is 29.8 Å². The zero-order valence-electron chi connectivity index (χ0n) is 7.24. The Hall–Kier alpha value is -1.09. The molecule has 0 spiro atoms. The Labute approximate surface area is 78.0 Å². The second-order valence-corrected chi connectivity index (χ2v) is 2.32. The van der Waals surface area contributed by atoms with Gasteiger partial charge in [-0.15, -0.1) is 0 Å². The third-order valence-corrected chi connectivity index (χ3v) is 1.39. The molecule has 1 aromatic carbocycles. The summed E-state index contributed by atoms with van der Waals surface area (Å²) in [6, 6.07) is 6.72. The van der Waals surface area contributed by atoms with Crippen LogP contribution in [0.5, 0.6) is 5.75 Å². The van der Waals surface area contributed by atoms with Gasteiger partial charge in [0.1, 0.15) is 10.7 Å². The molecule has 0 radical (unpaired) electrons. The number of aromatic hydroxyl groups is 1. The van der Waals surface area contributed by atoms with Crippen molar-refractivity contribution in [3.63, 3.8) is 0 Å². The lowest BCUT2D eigenvalue weighted by molar-refractivity contribution is 0.474. The summed E-state index contributed by atoms with van der Waals surface area (Å²) in [5.41, 5.74) is 5.81. The fraction of sp³-hybridized carbons (Fsp3) is 0.222. The van der Waals surface area contributed by atoms with Crippen molar-refractivity contribution in [1.82, 2.24) is 0 Å². The van der Waals surface area contributed by atoms with E-state index >= 15 is 0 Å². The van der Waals surface area contributed by atoms with E-state index in [4.69, 9.17) is 10.8 Å². The van der Waals surface area contributed by atoms with E-state index in [2.05, 4.69) is 12.2 Å². The van der Waals surface area contributed by atoms with Gasteiger partial charge < -0.3 is 10.8 Å². The van der Waals surface area contributed by atoms with Gasteiger partial charge in [-0.3, -0.25) is 0 Å². The first-order valence-corrected chi connectivity index (χ1v) is 4.20. The Morgan fingerprint density at radius 2 is 1.83 bits per heavy atom. The first-order chi connectivity index (χ1) is 5.72. The van der Waals surface area contributed by atoms with E-state index in [1.165, 1.54) is 0 Å². The Balaban J connectivity index is 0.000000561. The predicted molar refractivity (Wildman–Crippen MR) is 55.3 cm³/mol. The lowest BCUT2D eigenvalue weighted by Gasteiger charge is -1.98. The summed E-state index contributed by atoms with van der Waals surface area (Å²) in [5.74, 6) is 0.134. The van der Waals surface area contributed by atoms with E-state index in [0.29, 0.717) is 5.56 Å². The molecule has 1 aromatic rings. The Kier molecular flexibility index (Phi) is 5.04. The average molecular weight is 183 g/mol. The van der Waals surface area contributed by atoms with Gasteiger partial charge in [0.15, 0.2) is 0 Å². The van der Waals surface area contributed by atoms with E-state index in [9.17, 15) is 0 Å². The summed E-state index contributed by atoms with van der Waals surface area (Å²) in [6.45, 7) is 4.00. The first-order valence-electron chi connectivity index (χ1n) is 3.79. The van der Waals surface area contributed by atoms with Gasteiger partial charge in [-0.05, 0) is 12.1 Å². The van der Waals surface area contributed by atoms with Crippen LogP contribution < -0.4 is 5.73 Å². The van der Waals surface area contributed by atoms with Crippen LogP contribution in [0.2, 0.25) is 0 Å². The molecule has 0 fully saturated rings. The third kappa shape index (κ3) is 2.88. The molecule has 3 heteroatoms. The molecule has 0 bridgehead atoms. The van der Waals surface area contributed by atoms with E-state index in [-0.39, 0.29) is 10.7 Å². The number of thiocarbonyl (C=S) groups is 1. The topological polar surface area (TPSA) is 46.2 Å². The standard InChI is InChI=1S/C7H7NOS.C2H6/c8-7(10)5-3-1-2-4-6(5)9;1-2/h1-4,9H,(H2,8,10);1-2H3. The third-order valence-electron chi connectivity index (χ3n) is 1.17. The van der Waals surface area contributed by atoms with Gasteiger partial charge in [-0.2, -0.15) is 0 Å². The number of phenols is 1. The van der Waals surface area contributed by atoms with Gasteiger partial charge in [0.05, 0.1) is 5.56 Å². The van der Waals surface area contributed by atoms with E-state index < -0.39 is 0 Å². The Bertz CT molecular complexity index is 260. The molecular formula is C9H13NOS. The number of phenolic OH excluding ortho intramolecular Hbond substituents is 1. The summed E-state index contributed by atoms with van der Waals surface area (Å²) >= 11 is 4.67. The lowest BCUT2D eigenvalue weighted by Crippen LogP contribution is -2.08. The number of hydrogen-bond acceptors (Lipinski definition) is 2. The van der Waals surface area contributed by atoms with Crippen LogP contribution in [0.4, 0.5) is 0 Å². The van der Waals surface area contributed by atoms with Crippen LogP contribution in [0, 0.1) is 0 Å². The summed E-state index contributed by atoms with van der Waals surface area (Å²) in [7, 11) is 0. The molecule has 0 amide bonds. The number of rotatable bonds is 1. The molecular weight excluding hydrogens is 170 g/mol. The molecule has 0 aromatic heterocycles. The molecule has 66 valence electrons. The molecule has 1 rings (SSSR count). The minimum Gasteiger partial charge on any atom is -0.507 e. The highest BCUT2D eigenvalue weighted by atomic mass is 32.1. The number of nitrogens with two attached hydrogens (primary N) is 1. The van der Waals surface area contributed by atoms with Crippen molar-refractivity contribution in [2.24, 2.45) is 5.73 Å². The molecule has 12 heavy (non-hydrogen) atoms. The molecule has 0 atom stereocenters. The Morgan fingerprint density at radius 1 is 1.33 bits per heavy atom. The number of benzene rings is 1. The quantitative estimate of drug-likeness (QED) is 0.655. The summed E-state index contributed by atoms with van der Waals surface area (Å²) in [5, 5.41) is 9.11. The Morgan fingerprint density at radius 3 is 2.17 bits per heavy atom. The predicted octanol–water partition coefficient (Wildman–Crippen LogP) is 2.05. The average Bonchev–Trinajstić information content (AvgIpc) is 2.08. The van der Waals surface area contributed by atoms with Crippen LogP contribution in [0.25, 0.3) is 0 Å². The molecule has 2 nitrogen and oxygen atoms in total. The van der Waals surface area contributed by atoms with Crippen molar-refractivity contribution >= 4 is 17.2 Å². The van der Waals surface area contributed by atoms with Crippen molar-refractivity contribution in [1.29, 1.82) is 0 Å². The van der Waals surface area contributed by atoms with Crippen LogP contribution in [-0.2, 0) is 0 Å². The highest BCUT2D eigenvalue weighted by Crippen LogP contribution is 2.14. The lowest BCUT2D eigenvalue weighted by atomic mass is 10.2. The van der Waals surface area contributed by atoms with Crippen LogP contribution in [-0.4, -0.2) is 10.1 Å². The van der Waals surface area contributed by atoms with Gasteiger partial charge in [-0.25, -0.2) is 0 Å². The van der Waals surface area contributed by atoms with Crippen molar-refractivity contribution in [2.75, 3.05) is 0 Å². The second-order valence-electron chi connectivity index (χ2n) is 1.88. The fourth-order valence-electron chi connectivity index (χ4n) is 0.682. The molecule has 0 unspecified atom stereocenters. The van der Waals surface area contributed by atoms with Gasteiger partial charge in [0, 0.05) is 0 Å². The monoisotopic (exact) mass is 183 g/mol. The van der Waals surface area contributed by atoms with Gasteiger partial charge in [0.25, 0.3) is 0 Å². The zero-order valence-corrected chi connectivity index (χ0v) is 8.06. The fourth-order valence-corrected chi connectivity index (χ4v) is 0.855. The second kappa shape index (κ2) is 5.55. The van der Waals surface area contributed by atoms with Crippen LogP contribution in [0.3, 0.4) is 0 Å². The summed E-state index contributed by atoms with van der Waals surface area (Å²) in [4.78, 5) is 0.220. The largest absolute Gasteiger partial charge is 0.507 e. The molecule has 3 N–H and O–H groups in total. The van der Waals surface area contributed by atoms with Crippen molar-refractivity contribution < 1.29 is 5.11 Å². The van der Waals surface area contributed by atoms with Gasteiger partial charge in [0.2, 0.25) is 0 Å².